The largest absolute Gasteiger partial charge is 0.341 e. The number of nitrogens with one attached hydrogen (secondary N) is 1. The second kappa shape index (κ2) is 9.35. The maximum absolute atomic E-state index is 12.7. The van der Waals surface area contributed by atoms with E-state index in [1.165, 1.54) is 5.56 Å². The summed E-state index contributed by atoms with van der Waals surface area (Å²) in [5.41, 5.74) is 8.03. The highest BCUT2D eigenvalue weighted by Crippen LogP contribution is 2.13. The maximum Gasteiger partial charge on any atom is 0.229 e. The summed E-state index contributed by atoms with van der Waals surface area (Å²) in [5, 5.41) is 0. The van der Waals surface area contributed by atoms with Crippen LogP contribution in [0.15, 0.2) is 54.6 Å². The quantitative estimate of drug-likeness (QED) is 0.697. The lowest BCUT2D eigenvalue weighted by atomic mass is 10.1. The minimum atomic E-state index is -3.35. The average molecular weight is 375 g/mol. The summed E-state index contributed by atoms with van der Waals surface area (Å²) >= 11 is 0. The number of carbonyl (C=O) groups excluding carboxylic acids is 1. The molecule has 1 amide bonds. The monoisotopic (exact) mass is 375 g/mol. The fraction of sp³-hybridized carbons (Fsp3) is 0.316. The van der Waals surface area contributed by atoms with Crippen LogP contribution in [0.3, 0.4) is 0 Å². The first-order valence-electron chi connectivity index (χ1n) is 8.46. The highest BCUT2D eigenvalue weighted by molar-refractivity contribution is 7.92. The Morgan fingerprint density at radius 1 is 1.04 bits per heavy atom. The van der Waals surface area contributed by atoms with Crippen LogP contribution in [0.1, 0.15) is 11.1 Å². The van der Waals surface area contributed by atoms with Crippen molar-refractivity contribution in [2.24, 2.45) is 5.73 Å². The van der Waals surface area contributed by atoms with Crippen LogP contribution in [0.2, 0.25) is 0 Å². The van der Waals surface area contributed by atoms with Crippen LogP contribution in [-0.2, 0) is 27.7 Å². The number of nitrogens with two attached hydrogens (primary N) is 1. The molecule has 0 fully saturated rings. The topological polar surface area (TPSA) is 92.5 Å². The smallest absolute Gasteiger partial charge is 0.229 e. The number of hydrogen-bond donors (Lipinski definition) is 2. The summed E-state index contributed by atoms with van der Waals surface area (Å²) in [7, 11) is -3.35. The number of carbonyl (C=O) groups is 1. The number of nitrogens with zero attached hydrogens (tertiary/aromatic N) is 1. The third kappa shape index (κ3) is 6.85. The minimum Gasteiger partial charge on any atom is -0.341 e. The van der Waals surface area contributed by atoms with Crippen LogP contribution in [0.5, 0.6) is 0 Å². The molecule has 0 aliphatic heterocycles. The third-order valence-corrected chi connectivity index (χ3v) is 4.46. The van der Waals surface area contributed by atoms with Gasteiger partial charge in [-0.3, -0.25) is 9.52 Å². The van der Waals surface area contributed by atoms with E-state index in [1.54, 1.807) is 23.1 Å². The van der Waals surface area contributed by atoms with Crippen LogP contribution in [-0.4, -0.2) is 45.1 Å². The zero-order valence-electron chi connectivity index (χ0n) is 14.9. The predicted molar refractivity (Wildman–Crippen MR) is 104 cm³/mol. The highest BCUT2D eigenvalue weighted by Gasteiger charge is 2.14. The lowest BCUT2D eigenvalue weighted by Gasteiger charge is -2.22. The number of benzene rings is 2. The molecule has 2 rings (SSSR count). The van der Waals surface area contributed by atoms with Crippen molar-refractivity contribution in [1.29, 1.82) is 0 Å². The minimum absolute atomic E-state index is 0.0251. The first-order chi connectivity index (χ1) is 12.4. The van der Waals surface area contributed by atoms with Gasteiger partial charge < -0.3 is 10.6 Å². The van der Waals surface area contributed by atoms with Gasteiger partial charge in [0, 0.05) is 25.3 Å². The first-order valence-corrected chi connectivity index (χ1v) is 10.3. The summed E-state index contributed by atoms with van der Waals surface area (Å²) in [4.78, 5) is 14.4. The zero-order chi connectivity index (χ0) is 19.0. The van der Waals surface area contributed by atoms with E-state index in [0.717, 1.165) is 18.2 Å². The maximum atomic E-state index is 12.7. The molecule has 0 saturated carbocycles. The zero-order valence-corrected chi connectivity index (χ0v) is 15.7. The van der Waals surface area contributed by atoms with Gasteiger partial charge in [-0.05, 0) is 29.7 Å². The van der Waals surface area contributed by atoms with Crippen molar-refractivity contribution in [2.45, 2.75) is 12.8 Å². The Balaban J connectivity index is 2.01. The number of anilines is 1. The summed E-state index contributed by atoms with van der Waals surface area (Å²) in [6.45, 7) is 1.49. The van der Waals surface area contributed by atoms with Crippen molar-refractivity contribution >= 4 is 21.6 Å². The Labute approximate surface area is 155 Å². The molecule has 0 bridgehead atoms. The van der Waals surface area contributed by atoms with Gasteiger partial charge in [-0.1, -0.05) is 42.5 Å². The standard InChI is InChI=1S/C19H25N3O3S/c1-26(24,25)21-18-9-5-8-17(14-18)15-19(23)22(13-11-20)12-10-16-6-3-2-4-7-16/h2-9,14,21H,10-13,15,20H2,1H3. The molecule has 7 heteroatoms. The lowest BCUT2D eigenvalue weighted by Crippen LogP contribution is -2.37. The van der Waals surface area contributed by atoms with E-state index in [2.05, 4.69) is 4.72 Å². The normalized spacial score (nSPS) is 11.2. The second-order valence-corrected chi connectivity index (χ2v) is 7.90. The van der Waals surface area contributed by atoms with Crippen LogP contribution < -0.4 is 10.5 Å². The molecule has 2 aromatic carbocycles. The van der Waals surface area contributed by atoms with Gasteiger partial charge in [0.2, 0.25) is 15.9 Å². The molecule has 0 radical (unpaired) electrons. The van der Waals surface area contributed by atoms with Crippen molar-refractivity contribution in [3.05, 3.63) is 65.7 Å². The summed E-state index contributed by atoms with van der Waals surface area (Å²) in [5.74, 6) is -0.0251. The van der Waals surface area contributed by atoms with Crippen LogP contribution in [0.4, 0.5) is 5.69 Å². The molecule has 3 N–H and O–H groups in total. The molecule has 140 valence electrons. The van der Waals surface area contributed by atoms with Gasteiger partial charge in [0.05, 0.1) is 12.7 Å². The molecule has 0 heterocycles. The van der Waals surface area contributed by atoms with E-state index < -0.39 is 10.0 Å². The lowest BCUT2D eigenvalue weighted by molar-refractivity contribution is -0.130. The molecular weight excluding hydrogens is 350 g/mol. The third-order valence-electron chi connectivity index (χ3n) is 3.85. The van der Waals surface area contributed by atoms with Crippen LogP contribution in [0.25, 0.3) is 0 Å². The van der Waals surface area contributed by atoms with Crippen LogP contribution in [0, 0.1) is 0 Å². The van der Waals surface area contributed by atoms with E-state index in [4.69, 9.17) is 5.73 Å². The highest BCUT2D eigenvalue weighted by atomic mass is 32.2. The first kappa shape index (κ1) is 19.9. The van der Waals surface area contributed by atoms with Crippen molar-refractivity contribution in [3.8, 4) is 0 Å². The summed E-state index contributed by atoms with van der Waals surface area (Å²) in [6.07, 6.45) is 2.06. The van der Waals surface area contributed by atoms with Crippen molar-refractivity contribution in [2.75, 3.05) is 30.6 Å². The van der Waals surface area contributed by atoms with Crippen molar-refractivity contribution in [3.63, 3.8) is 0 Å². The van der Waals surface area contributed by atoms with E-state index >= 15 is 0 Å². The fourth-order valence-corrected chi connectivity index (χ4v) is 3.23. The van der Waals surface area contributed by atoms with Crippen molar-refractivity contribution < 1.29 is 13.2 Å². The molecule has 0 aromatic heterocycles. The molecule has 6 nitrogen and oxygen atoms in total. The predicted octanol–water partition coefficient (Wildman–Crippen LogP) is 1.63. The van der Waals surface area contributed by atoms with E-state index in [-0.39, 0.29) is 12.3 Å². The Kier molecular flexibility index (Phi) is 7.17. The number of hydrogen-bond acceptors (Lipinski definition) is 4. The Morgan fingerprint density at radius 2 is 1.73 bits per heavy atom. The van der Waals surface area contributed by atoms with Gasteiger partial charge >= 0.3 is 0 Å². The molecule has 0 spiro atoms. The fourth-order valence-electron chi connectivity index (χ4n) is 2.67. The Bertz CT molecular complexity index is 823. The summed E-state index contributed by atoms with van der Waals surface area (Å²) in [6, 6.07) is 16.9. The van der Waals surface area contributed by atoms with Gasteiger partial charge in [0.15, 0.2) is 0 Å². The molecule has 0 aliphatic rings. The Morgan fingerprint density at radius 3 is 2.38 bits per heavy atom. The Hall–Kier alpha value is -2.38. The molecule has 0 atom stereocenters. The van der Waals surface area contributed by atoms with Gasteiger partial charge in [-0.15, -0.1) is 0 Å². The SMILES string of the molecule is CS(=O)(=O)Nc1cccc(CC(=O)N(CCN)CCc2ccccc2)c1. The van der Waals surface area contributed by atoms with E-state index in [0.29, 0.717) is 25.3 Å². The molecule has 2 aromatic rings. The molecule has 26 heavy (non-hydrogen) atoms. The number of sulfonamides is 1. The molecule has 0 saturated heterocycles. The van der Waals surface area contributed by atoms with Gasteiger partial charge in [-0.25, -0.2) is 8.42 Å². The average Bonchev–Trinajstić information content (AvgIpc) is 2.58. The van der Waals surface area contributed by atoms with E-state index in [9.17, 15) is 13.2 Å². The second-order valence-electron chi connectivity index (χ2n) is 6.16. The molecule has 0 unspecified atom stereocenters. The van der Waals surface area contributed by atoms with Crippen LogP contribution >= 0.6 is 0 Å². The number of rotatable bonds is 9. The molecule has 0 aliphatic carbocycles. The van der Waals surface area contributed by atoms with Crippen molar-refractivity contribution in [1.82, 2.24) is 4.90 Å². The van der Waals surface area contributed by atoms with Gasteiger partial charge in [0.25, 0.3) is 0 Å². The van der Waals surface area contributed by atoms with Gasteiger partial charge in [0.1, 0.15) is 0 Å². The summed E-state index contributed by atoms with van der Waals surface area (Å²) < 4.78 is 25.1. The van der Waals surface area contributed by atoms with Gasteiger partial charge in [-0.2, -0.15) is 0 Å². The number of amides is 1. The van der Waals surface area contributed by atoms with E-state index in [1.807, 2.05) is 36.4 Å². The molecular formula is C19H25N3O3S.